The third-order valence-corrected chi connectivity index (χ3v) is 8.73. The summed E-state index contributed by atoms with van der Waals surface area (Å²) in [4.78, 5) is 70.0. The molecular formula is C24H31N5O9S. The number of likely N-dealkylation sites (N-methyl/N-ethyl adjacent to an activating group) is 1. The Balaban J connectivity index is 2.06. The van der Waals surface area contributed by atoms with Gasteiger partial charge in [-0.3, -0.25) is 28.9 Å². The molecule has 212 valence electrons. The average molecular weight is 566 g/mol. The zero-order valence-electron chi connectivity index (χ0n) is 22.0. The molecule has 2 saturated carbocycles. The molecule has 1 aromatic rings. The van der Waals surface area contributed by atoms with Gasteiger partial charge in [0.2, 0.25) is 15.9 Å². The van der Waals surface area contributed by atoms with Crippen LogP contribution in [0.15, 0.2) is 6.07 Å². The van der Waals surface area contributed by atoms with Crippen LogP contribution in [-0.4, -0.2) is 105 Å². The van der Waals surface area contributed by atoms with Gasteiger partial charge in [0, 0.05) is 31.7 Å². The number of benzene rings is 1. The molecule has 3 aliphatic carbocycles. The first-order chi connectivity index (χ1) is 17.9. The number of hydrogen-bond acceptors (Lipinski definition) is 12. The summed E-state index contributed by atoms with van der Waals surface area (Å²) < 4.78 is 27.5. The lowest BCUT2D eigenvalue weighted by molar-refractivity contribution is -0.184. The number of Topliss-reactive ketones (excluding diaryl/α,β-unsaturated/α-hetero) is 4. The van der Waals surface area contributed by atoms with E-state index in [9.17, 15) is 42.6 Å². The Labute approximate surface area is 224 Å². The summed E-state index contributed by atoms with van der Waals surface area (Å²) in [5.74, 6) is -13.7. The maximum Gasteiger partial charge on any atom is 0.235 e. The average Bonchev–Trinajstić information content (AvgIpc) is 2.79. The molecule has 0 bridgehead atoms. The van der Waals surface area contributed by atoms with Crippen molar-refractivity contribution in [3.63, 3.8) is 0 Å². The Kier molecular flexibility index (Phi) is 6.66. The molecule has 39 heavy (non-hydrogen) atoms. The summed E-state index contributed by atoms with van der Waals surface area (Å²) in [5.41, 5.74) is 8.38. The Morgan fingerprint density at radius 1 is 1.13 bits per heavy atom. The third-order valence-electron chi connectivity index (χ3n) is 8.03. The number of ketones is 4. The number of aliphatic hydroxyl groups is 1. The summed E-state index contributed by atoms with van der Waals surface area (Å²) in [7, 11) is 2.00. The molecule has 1 amide bonds. The van der Waals surface area contributed by atoms with Crippen molar-refractivity contribution in [2.75, 3.05) is 45.1 Å². The van der Waals surface area contributed by atoms with Crippen LogP contribution in [0.25, 0.3) is 0 Å². The second-order valence-corrected chi connectivity index (χ2v) is 12.7. The summed E-state index contributed by atoms with van der Waals surface area (Å²) in [6.07, 6.45) is 0.664. The van der Waals surface area contributed by atoms with Crippen molar-refractivity contribution < 1.29 is 42.6 Å². The number of aromatic hydroxyl groups is 1. The number of phenolic OH excluding ortho intramolecular Hbond substituents is 1. The van der Waals surface area contributed by atoms with Gasteiger partial charge in [-0.25, -0.2) is 13.1 Å². The number of nitrogens with two attached hydrogens (primary N) is 2. The molecule has 0 saturated heterocycles. The van der Waals surface area contributed by atoms with Gasteiger partial charge >= 0.3 is 0 Å². The molecule has 7 atom stereocenters. The largest absolute Gasteiger partial charge is 0.505 e. The predicted octanol–water partition coefficient (Wildman–Crippen LogP) is -2.96. The van der Waals surface area contributed by atoms with Crippen LogP contribution < -0.4 is 21.1 Å². The van der Waals surface area contributed by atoms with E-state index in [4.69, 9.17) is 11.5 Å². The van der Waals surface area contributed by atoms with Crippen molar-refractivity contribution in [2.45, 2.75) is 24.1 Å². The summed E-state index contributed by atoms with van der Waals surface area (Å²) in [6.45, 7) is 0. The lowest BCUT2D eigenvalue weighted by Crippen LogP contribution is -2.79. The molecule has 0 aliphatic heterocycles. The molecule has 3 aliphatic rings. The van der Waals surface area contributed by atoms with Gasteiger partial charge in [0.05, 0.1) is 29.5 Å². The lowest BCUT2D eigenvalue weighted by Gasteiger charge is -2.56. The number of nitrogens with zero attached hydrogens (tertiary/aromatic N) is 2. The monoisotopic (exact) mass is 565 g/mol. The van der Waals surface area contributed by atoms with Crippen LogP contribution in [-0.2, 0) is 35.6 Å². The highest BCUT2D eigenvalue weighted by atomic mass is 32.2. The van der Waals surface area contributed by atoms with E-state index in [0.717, 1.165) is 6.26 Å². The fraction of sp³-hybridized carbons (Fsp3) is 0.542. The normalized spacial score (nSPS) is 32.5. The highest BCUT2D eigenvalue weighted by Gasteiger charge is 2.72. The van der Waals surface area contributed by atoms with Crippen molar-refractivity contribution in [1.29, 1.82) is 0 Å². The number of sulfonamides is 1. The van der Waals surface area contributed by atoms with Crippen molar-refractivity contribution in [3.05, 3.63) is 17.2 Å². The van der Waals surface area contributed by atoms with E-state index in [2.05, 4.69) is 4.72 Å². The molecule has 0 aromatic heterocycles. The minimum atomic E-state index is -4.12. The topological polar surface area (TPSA) is 230 Å². The Morgan fingerprint density at radius 3 is 2.21 bits per heavy atom. The van der Waals surface area contributed by atoms with Crippen LogP contribution in [0.2, 0.25) is 0 Å². The molecule has 7 N–H and O–H groups in total. The number of amides is 1. The second-order valence-electron chi connectivity index (χ2n) is 10.9. The maximum atomic E-state index is 14.0. The van der Waals surface area contributed by atoms with Gasteiger partial charge in [-0.2, -0.15) is 0 Å². The number of hydrogen-bond donors (Lipinski definition) is 5. The van der Waals surface area contributed by atoms with Crippen molar-refractivity contribution >= 4 is 50.4 Å². The van der Waals surface area contributed by atoms with E-state index >= 15 is 0 Å². The first-order valence-electron chi connectivity index (χ1n) is 12.0. The predicted molar refractivity (Wildman–Crippen MR) is 137 cm³/mol. The zero-order chi connectivity index (χ0) is 29.5. The van der Waals surface area contributed by atoms with Crippen molar-refractivity contribution in [1.82, 2.24) is 9.62 Å². The summed E-state index contributed by atoms with van der Waals surface area (Å²) >= 11 is 0. The number of phenols is 1. The molecule has 2 unspecified atom stereocenters. The number of carbonyl (C=O) groups excluding carboxylic acids is 5. The summed E-state index contributed by atoms with van der Waals surface area (Å²) in [5, 5.41) is 22.6. The first-order valence-corrected chi connectivity index (χ1v) is 13.9. The Hall–Kier alpha value is -3.40. The molecule has 14 nitrogen and oxygen atoms in total. The molecule has 15 heteroatoms. The number of primary amides is 1. The molecule has 4 rings (SSSR count). The van der Waals surface area contributed by atoms with Gasteiger partial charge < -0.3 is 26.6 Å². The number of rotatable bonds is 5. The van der Waals surface area contributed by atoms with Crippen LogP contribution in [0, 0.1) is 23.7 Å². The van der Waals surface area contributed by atoms with Crippen molar-refractivity contribution in [2.24, 2.45) is 29.4 Å². The maximum absolute atomic E-state index is 14.0. The van der Waals surface area contributed by atoms with Crippen LogP contribution >= 0.6 is 0 Å². The highest BCUT2D eigenvalue weighted by Crippen LogP contribution is 2.52. The summed E-state index contributed by atoms with van der Waals surface area (Å²) in [6, 6.07) is -1.57. The zero-order valence-corrected chi connectivity index (χ0v) is 22.8. The van der Waals surface area contributed by atoms with Gasteiger partial charge in [-0.1, -0.05) is 0 Å². The molecule has 2 fully saturated rings. The molecule has 1 aromatic carbocycles. The van der Waals surface area contributed by atoms with Crippen LogP contribution in [0.5, 0.6) is 5.75 Å². The number of carbonyl (C=O) groups is 5. The molecule has 0 heterocycles. The van der Waals surface area contributed by atoms with Gasteiger partial charge in [0.25, 0.3) is 0 Å². The van der Waals surface area contributed by atoms with Crippen LogP contribution in [0.3, 0.4) is 0 Å². The van der Waals surface area contributed by atoms with E-state index in [1.54, 1.807) is 19.0 Å². The van der Waals surface area contributed by atoms with Gasteiger partial charge in [-0.15, -0.1) is 0 Å². The minimum absolute atomic E-state index is 0.152. The van der Waals surface area contributed by atoms with E-state index in [-0.39, 0.29) is 23.2 Å². The van der Waals surface area contributed by atoms with Crippen molar-refractivity contribution in [3.8, 4) is 5.75 Å². The van der Waals surface area contributed by atoms with E-state index in [1.807, 2.05) is 0 Å². The van der Waals surface area contributed by atoms with E-state index in [0.29, 0.717) is 5.69 Å². The fourth-order valence-corrected chi connectivity index (χ4v) is 7.34. The third kappa shape index (κ3) is 4.02. The molecular weight excluding hydrogens is 534 g/mol. The quantitative estimate of drug-likeness (QED) is 0.137. The smallest absolute Gasteiger partial charge is 0.235 e. The second kappa shape index (κ2) is 9.08. The number of nitrogen functional groups attached to an aromatic ring is 1. The standard InChI is InChI=1S/C24H31N5O9S/c1-28(2)11-7-10(25)18(30)12-8(11)6-9-13(19(12)31)21(33)24(36)15(16(9)27-39(5,37)38)17(29(3)4)20(32)14(22(24)34)23(26)35/h7,9,13-17,27,30,36H,6,25H2,1-5H3,(H2,26,35)/t9-,13?,14?,15+,16+,17+,24+/m1/s1. The van der Waals surface area contributed by atoms with Crippen LogP contribution in [0.1, 0.15) is 15.9 Å². The Bertz CT molecular complexity index is 1440. The number of fused-ring (bicyclic) bond motifs is 3. The first kappa shape index (κ1) is 28.6. The fourth-order valence-electron chi connectivity index (χ4n) is 6.53. The number of nitrogens with one attached hydrogen (secondary N) is 1. The van der Waals surface area contributed by atoms with Gasteiger partial charge in [0.1, 0.15) is 5.75 Å². The molecule has 0 spiro atoms. The van der Waals surface area contributed by atoms with Crippen LogP contribution in [0.4, 0.5) is 11.4 Å². The Morgan fingerprint density at radius 2 is 1.72 bits per heavy atom. The minimum Gasteiger partial charge on any atom is -0.505 e. The number of anilines is 2. The highest BCUT2D eigenvalue weighted by molar-refractivity contribution is 7.88. The van der Waals surface area contributed by atoms with E-state index in [1.165, 1.54) is 25.1 Å². The molecule has 0 radical (unpaired) electrons. The van der Waals surface area contributed by atoms with Gasteiger partial charge in [0.15, 0.2) is 34.7 Å². The van der Waals surface area contributed by atoms with E-state index < -0.39 is 86.2 Å². The SMILES string of the molecule is CN(C)c1cc(N)c(O)c2c1C[C@@H]1C(C2=O)C(=O)[C@]2(O)C(=O)C(C(N)=O)C(=O)[C@@H](N(C)C)[C@@H]2[C@H]1NS(C)(=O)=O. The lowest BCUT2D eigenvalue weighted by atomic mass is 9.50. The van der Waals surface area contributed by atoms with Gasteiger partial charge in [-0.05, 0) is 38.1 Å².